The number of amides is 1. The topological polar surface area (TPSA) is 103 Å². The number of nitrogens with one attached hydrogen (secondary N) is 3. The van der Waals surface area contributed by atoms with Crippen molar-refractivity contribution in [3.05, 3.63) is 41.2 Å². The van der Waals surface area contributed by atoms with E-state index in [0.29, 0.717) is 18.2 Å². The molecule has 3 heterocycles. The molecule has 1 amide bonds. The molecule has 0 spiro atoms. The predicted molar refractivity (Wildman–Crippen MR) is 112 cm³/mol. The molecule has 29 heavy (non-hydrogen) atoms. The quantitative estimate of drug-likeness (QED) is 0.550. The summed E-state index contributed by atoms with van der Waals surface area (Å²) in [5.74, 6) is 0.762. The fourth-order valence-electron chi connectivity index (χ4n) is 4.37. The third-order valence-electron chi connectivity index (χ3n) is 6.00. The molecule has 2 aromatic heterocycles. The van der Waals surface area contributed by atoms with E-state index in [9.17, 15) is 9.90 Å². The van der Waals surface area contributed by atoms with Crippen molar-refractivity contribution >= 4 is 22.8 Å². The summed E-state index contributed by atoms with van der Waals surface area (Å²) < 4.78 is 0. The number of aryl methyl sites for hydroxylation is 1. The van der Waals surface area contributed by atoms with Crippen molar-refractivity contribution in [1.82, 2.24) is 20.3 Å². The van der Waals surface area contributed by atoms with Gasteiger partial charge in [0.25, 0.3) is 5.91 Å². The largest absolute Gasteiger partial charge is 0.393 e. The number of nitrogens with zero attached hydrogens (tertiary/aromatic N) is 2. The van der Waals surface area contributed by atoms with Crippen molar-refractivity contribution < 1.29 is 9.90 Å². The Morgan fingerprint density at radius 1 is 1.14 bits per heavy atom. The standard InChI is InChI=1S/C22H25N5O2/c1-12-21(25-13-5-7-14(28)8-6-13)27-20-15(3-2-4-18(20)24-12)19-11-16-17(26-19)9-10-23-22(16)29/h2-4,11,13-14,26,28H,5-10H2,1H3,(H,23,29)(H,25,27). The van der Waals surface area contributed by atoms with Crippen molar-refractivity contribution in [3.63, 3.8) is 0 Å². The molecule has 0 saturated heterocycles. The first-order valence-corrected chi connectivity index (χ1v) is 10.3. The van der Waals surface area contributed by atoms with E-state index in [2.05, 4.69) is 15.6 Å². The third kappa shape index (κ3) is 3.35. The summed E-state index contributed by atoms with van der Waals surface area (Å²) in [6, 6.07) is 8.17. The number of hydrogen-bond acceptors (Lipinski definition) is 5. The maximum absolute atomic E-state index is 12.2. The van der Waals surface area contributed by atoms with E-state index >= 15 is 0 Å². The Labute approximate surface area is 169 Å². The van der Waals surface area contributed by atoms with Crippen molar-refractivity contribution in [2.24, 2.45) is 0 Å². The van der Waals surface area contributed by atoms with Gasteiger partial charge in [-0.2, -0.15) is 0 Å². The number of fused-ring (bicyclic) bond motifs is 2. The molecule has 1 aromatic carbocycles. The van der Waals surface area contributed by atoms with Crippen LogP contribution >= 0.6 is 0 Å². The fraction of sp³-hybridized carbons (Fsp3) is 0.409. The average molecular weight is 391 g/mol. The summed E-state index contributed by atoms with van der Waals surface area (Å²) in [4.78, 5) is 25.3. The predicted octanol–water partition coefficient (Wildman–Crippen LogP) is 2.93. The Balaban J connectivity index is 1.54. The highest BCUT2D eigenvalue weighted by atomic mass is 16.3. The molecule has 2 aliphatic rings. The lowest BCUT2D eigenvalue weighted by Gasteiger charge is -2.27. The van der Waals surface area contributed by atoms with Crippen LogP contribution in [0.5, 0.6) is 0 Å². The molecule has 7 nitrogen and oxygen atoms in total. The average Bonchev–Trinajstić information content (AvgIpc) is 3.15. The number of aliphatic hydroxyl groups excluding tert-OH is 1. The molecular weight excluding hydrogens is 366 g/mol. The minimum absolute atomic E-state index is 0.0299. The Bertz CT molecular complexity index is 1080. The van der Waals surface area contributed by atoms with Crippen LogP contribution in [0, 0.1) is 6.92 Å². The first kappa shape index (κ1) is 18.1. The summed E-state index contributed by atoms with van der Waals surface area (Å²) in [6.45, 7) is 2.63. The molecule has 5 rings (SSSR count). The van der Waals surface area contributed by atoms with Gasteiger partial charge in [-0.25, -0.2) is 9.97 Å². The van der Waals surface area contributed by atoms with Crippen molar-refractivity contribution in [2.75, 3.05) is 11.9 Å². The van der Waals surface area contributed by atoms with Crippen LogP contribution in [0.15, 0.2) is 24.3 Å². The van der Waals surface area contributed by atoms with Crippen LogP contribution in [0.25, 0.3) is 22.3 Å². The Hall–Kier alpha value is -2.93. The number of carbonyl (C=O) groups excluding carboxylic acids is 1. The van der Waals surface area contributed by atoms with E-state index in [1.165, 1.54) is 0 Å². The van der Waals surface area contributed by atoms with Crippen LogP contribution in [-0.4, -0.2) is 44.7 Å². The lowest BCUT2D eigenvalue weighted by molar-refractivity contribution is 0.0946. The van der Waals surface area contributed by atoms with E-state index < -0.39 is 0 Å². The van der Waals surface area contributed by atoms with Crippen LogP contribution in [-0.2, 0) is 6.42 Å². The van der Waals surface area contributed by atoms with Gasteiger partial charge in [-0.3, -0.25) is 4.79 Å². The molecule has 0 bridgehead atoms. The third-order valence-corrected chi connectivity index (χ3v) is 6.00. The van der Waals surface area contributed by atoms with Gasteiger partial charge in [0.05, 0.1) is 22.9 Å². The monoisotopic (exact) mass is 391 g/mol. The number of carbonyl (C=O) groups is 1. The molecule has 0 atom stereocenters. The van der Waals surface area contributed by atoms with Gasteiger partial charge in [-0.05, 0) is 44.7 Å². The summed E-state index contributed by atoms with van der Waals surface area (Å²) in [7, 11) is 0. The smallest absolute Gasteiger partial charge is 0.253 e. The van der Waals surface area contributed by atoms with Gasteiger partial charge in [0.2, 0.25) is 0 Å². The Morgan fingerprint density at radius 3 is 2.76 bits per heavy atom. The fourth-order valence-corrected chi connectivity index (χ4v) is 4.37. The number of hydrogen-bond donors (Lipinski definition) is 4. The van der Waals surface area contributed by atoms with Crippen molar-refractivity contribution in [3.8, 4) is 11.3 Å². The number of rotatable bonds is 3. The van der Waals surface area contributed by atoms with E-state index in [4.69, 9.17) is 9.97 Å². The summed E-state index contributed by atoms with van der Waals surface area (Å²) in [6.07, 6.45) is 4.12. The number of anilines is 1. The summed E-state index contributed by atoms with van der Waals surface area (Å²) in [5, 5.41) is 16.2. The van der Waals surface area contributed by atoms with Gasteiger partial charge >= 0.3 is 0 Å². The second-order valence-corrected chi connectivity index (χ2v) is 8.06. The van der Waals surface area contributed by atoms with Crippen molar-refractivity contribution in [1.29, 1.82) is 0 Å². The molecule has 1 aliphatic heterocycles. The SMILES string of the molecule is Cc1nc2cccc(-c3cc4c([nH]3)CCNC4=O)c2nc1NC1CCC(O)CC1. The zero-order chi connectivity index (χ0) is 20.0. The highest BCUT2D eigenvalue weighted by Gasteiger charge is 2.23. The molecule has 150 valence electrons. The zero-order valence-electron chi connectivity index (χ0n) is 16.5. The first-order valence-electron chi connectivity index (χ1n) is 10.3. The normalized spacial score (nSPS) is 21.7. The molecule has 0 radical (unpaired) electrons. The summed E-state index contributed by atoms with van der Waals surface area (Å²) in [5.41, 5.74) is 6.03. The van der Waals surface area contributed by atoms with Crippen LogP contribution in [0.3, 0.4) is 0 Å². The van der Waals surface area contributed by atoms with Gasteiger partial charge < -0.3 is 20.7 Å². The number of aromatic nitrogens is 3. The second-order valence-electron chi connectivity index (χ2n) is 8.06. The van der Waals surface area contributed by atoms with E-state index in [1.807, 2.05) is 31.2 Å². The number of para-hydroxylation sites is 1. The molecule has 0 unspecified atom stereocenters. The molecule has 1 saturated carbocycles. The Morgan fingerprint density at radius 2 is 1.97 bits per heavy atom. The van der Waals surface area contributed by atoms with Crippen LogP contribution in [0.1, 0.15) is 47.4 Å². The van der Waals surface area contributed by atoms with Crippen LogP contribution in [0.4, 0.5) is 5.82 Å². The van der Waals surface area contributed by atoms with Gasteiger partial charge in [0.1, 0.15) is 11.3 Å². The molecule has 1 aliphatic carbocycles. The highest BCUT2D eigenvalue weighted by molar-refractivity contribution is 5.99. The molecule has 4 N–H and O–H groups in total. The number of benzene rings is 1. The Kier molecular flexibility index (Phi) is 4.47. The molecule has 7 heteroatoms. The first-order chi connectivity index (χ1) is 14.1. The number of H-pyrrole nitrogens is 1. The lowest BCUT2D eigenvalue weighted by Crippen LogP contribution is -2.31. The summed E-state index contributed by atoms with van der Waals surface area (Å²) >= 11 is 0. The van der Waals surface area contributed by atoms with Crippen molar-refractivity contribution in [2.45, 2.75) is 51.2 Å². The highest BCUT2D eigenvalue weighted by Crippen LogP contribution is 2.31. The van der Waals surface area contributed by atoms with E-state index in [1.54, 1.807) is 0 Å². The number of aliphatic hydroxyl groups is 1. The minimum Gasteiger partial charge on any atom is -0.393 e. The zero-order valence-corrected chi connectivity index (χ0v) is 16.5. The molecular formula is C22H25N5O2. The number of aromatic amines is 1. The molecule has 1 fully saturated rings. The minimum atomic E-state index is -0.181. The maximum atomic E-state index is 12.2. The van der Waals surface area contributed by atoms with Gasteiger partial charge in [-0.15, -0.1) is 0 Å². The molecule has 3 aromatic rings. The van der Waals surface area contributed by atoms with E-state index in [-0.39, 0.29) is 12.0 Å². The van der Waals surface area contributed by atoms with Gasteiger partial charge in [0, 0.05) is 36.0 Å². The van der Waals surface area contributed by atoms with E-state index in [0.717, 1.165) is 71.6 Å². The van der Waals surface area contributed by atoms with Crippen LogP contribution in [0.2, 0.25) is 0 Å². The van der Waals surface area contributed by atoms with Gasteiger partial charge in [0.15, 0.2) is 0 Å². The maximum Gasteiger partial charge on any atom is 0.253 e. The van der Waals surface area contributed by atoms with Crippen LogP contribution < -0.4 is 10.6 Å². The lowest BCUT2D eigenvalue weighted by atomic mass is 9.93. The second kappa shape index (κ2) is 7.15. The van der Waals surface area contributed by atoms with Gasteiger partial charge in [-0.1, -0.05) is 12.1 Å².